The molecule has 1 aromatic carbocycles. The molecule has 0 saturated carbocycles. The number of rotatable bonds is 3. The lowest BCUT2D eigenvalue weighted by atomic mass is 10.1. The highest BCUT2D eigenvalue weighted by Gasteiger charge is 2.18. The van der Waals surface area contributed by atoms with E-state index in [9.17, 15) is 4.79 Å². The highest BCUT2D eigenvalue weighted by Crippen LogP contribution is 2.19. The molecule has 0 radical (unpaired) electrons. The number of ether oxygens (including phenoxy) is 1. The molecule has 1 N–H and O–H groups in total. The quantitative estimate of drug-likeness (QED) is 0.761. The van der Waals surface area contributed by atoms with Crippen LogP contribution in [0.5, 0.6) is 5.75 Å². The second-order valence-corrected chi connectivity index (χ2v) is 3.93. The number of Topliss-reactive ketones (excluding diaryl/α,β-unsaturated/α-hetero) is 1. The van der Waals surface area contributed by atoms with Gasteiger partial charge in [0.1, 0.15) is 11.9 Å². The van der Waals surface area contributed by atoms with Crippen LogP contribution in [0.15, 0.2) is 18.2 Å². The van der Waals surface area contributed by atoms with Crippen LogP contribution in [-0.4, -0.2) is 25.0 Å². The van der Waals surface area contributed by atoms with Gasteiger partial charge in [-0.25, -0.2) is 0 Å². The lowest BCUT2D eigenvalue weighted by Gasteiger charge is -2.28. The predicted octanol–water partition coefficient (Wildman–Crippen LogP) is 1.55. The van der Waals surface area contributed by atoms with Gasteiger partial charge in [0.15, 0.2) is 5.78 Å². The molecule has 1 saturated heterocycles. The maximum atomic E-state index is 11.3. The molecule has 0 amide bonds. The molecule has 1 fully saturated rings. The van der Waals surface area contributed by atoms with Crippen molar-refractivity contribution >= 4 is 5.78 Å². The molecular formula is C12H15NO2. The fourth-order valence-electron chi connectivity index (χ4n) is 1.59. The van der Waals surface area contributed by atoms with Crippen LogP contribution in [-0.2, 0) is 0 Å². The third kappa shape index (κ3) is 2.18. The molecular weight excluding hydrogens is 190 g/mol. The molecule has 2 rings (SSSR count). The van der Waals surface area contributed by atoms with E-state index in [0.29, 0.717) is 0 Å². The first-order valence-electron chi connectivity index (χ1n) is 5.16. The molecule has 0 unspecified atom stereocenters. The van der Waals surface area contributed by atoms with E-state index in [1.165, 1.54) is 0 Å². The molecule has 15 heavy (non-hydrogen) atoms. The Bertz CT molecular complexity index is 383. The molecule has 3 nitrogen and oxygen atoms in total. The monoisotopic (exact) mass is 205 g/mol. The van der Waals surface area contributed by atoms with Gasteiger partial charge in [0.25, 0.3) is 0 Å². The molecule has 80 valence electrons. The third-order valence-electron chi connectivity index (χ3n) is 2.64. The first kappa shape index (κ1) is 10.2. The van der Waals surface area contributed by atoms with Crippen LogP contribution in [0.3, 0.4) is 0 Å². The molecule has 0 spiro atoms. The van der Waals surface area contributed by atoms with Crippen molar-refractivity contribution in [2.75, 3.05) is 13.1 Å². The minimum atomic E-state index is 0.0877. The Hall–Kier alpha value is -1.35. The van der Waals surface area contributed by atoms with Crippen LogP contribution >= 0.6 is 0 Å². The summed E-state index contributed by atoms with van der Waals surface area (Å²) < 4.78 is 5.68. The van der Waals surface area contributed by atoms with Crippen molar-refractivity contribution in [2.45, 2.75) is 20.0 Å². The van der Waals surface area contributed by atoms with Crippen LogP contribution in [0, 0.1) is 6.92 Å². The number of carbonyl (C=O) groups is 1. The van der Waals surface area contributed by atoms with Crippen LogP contribution < -0.4 is 10.1 Å². The van der Waals surface area contributed by atoms with Gasteiger partial charge in [-0.1, -0.05) is 6.07 Å². The maximum absolute atomic E-state index is 11.3. The van der Waals surface area contributed by atoms with Crippen molar-refractivity contribution in [3.63, 3.8) is 0 Å². The van der Waals surface area contributed by atoms with E-state index in [2.05, 4.69) is 5.32 Å². The van der Waals surface area contributed by atoms with Crippen LogP contribution in [0.4, 0.5) is 0 Å². The van der Waals surface area contributed by atoms with Gasteiger partial charge in [0.2, 0.25) is 0 Å². The summed E-state index contributed by atoms with van der Waals surface area (Å²) in [5, 5.41) is 3.14. The van der Waals surface area contributed by atoms with E-state index in [4.69, 9.17) is 4.74 Å². The van der Waals surface area contributed by atoms with Gasteiger partial charge >= 0.3 is 0 Å². The molecule has 0 atom stereocenters. The summed E-state index contributed by atoms with van der Waals surface area (Å²) in [6.45, 7) is 5.30. The van der Waals surface area contributed by atoms with E-state index in [-0.39, 0.29) is 11.9 Å². The zero-order chi connectivity index (χ0) is 10.8. The summed E-state index contributed by atoms with van der Waals surface area (Å²) in [5.74, 6) is 0.877. The topological polar surface area (TPSA) is 38.3 Å². The smallest absolute Gasteiger partial charge is 0.160 e. The van der Waals surface area contributed by atoms with Crippen LogP contribution in [0.2, 0.25) is 0 Å². The van der Waals surface area contributed by atoms with Crippen LogP contribution in [0.1, 0.15) is 22.8 Å². The van der Waals surface area contributed by atoms with Crippen LogP contribution in [0.25, 0.3) is 0 Å². The van der Waals surface area contributed by atoms with Gasteiger partial charge in [-0.3, -0.25) is 4.79 Å². The fourth-order valence-corrected chi connectivity index (χ4v) is 1.59. The number of ketones is 1. The lowest BCUT2D eigenvalue weighted by molar-refractivity contribution is 0.101. The molecule has 1 aliphatic heterocycles. The van der Waals surface area contributed by atoms with Crippen molar-refractivity contribution in [2.24, 2.45) is 0 Å². The second kappa shape index (κ2) is 4.03. The Labute approximate surface area is 89.4 Å². The van der Waals surface area contributed by atoms with E-state index >= 15 is 0 Å². The number of aryl methyl sites for hydroxylation is 1. The number of hydrogen-bond donors (Lipinski definition) is 1. The van der Waals surface area contributed by atoms with E-state index in [0.717, 1.165) is 30.0 Å². The van der Waals surface area contributed by atoms with Crippen molar-refractivity contribution in [1.29, 1.82) is 0 Å². The molecule has 0 aromatic heterocycles. The Morgan fingerprint density at radius 2 is 2.20 bits per heavy atom. The number of hydrogen-bond acceptors (Lipinski definition) is 3. The summed E-state index contributed by atoms with van der Waals surface area (Å²) in [6, 6.07) is 5.67. The predicted molar refractivity (Wildman–Crippen MR) is 58.5 cm³/mol. The third-order valence-corrected chi connectivity index (χ3v) is 2.64. The zero-order valence-corrected chi connectivity index (χ0v) is 9.04. The van der Waals surface area contributed by atoms with E-state index in [1.807, 2.05) is 25.1 Å². The summed E-state index contributed by atoms with van der Waals surface area (Å²) in [4.78, 5) is 11.3. The molecule has 1 aromatic rings. The molecule has 0 aliphatic carbocycles. The number of carbonyl (C=O) groups excluding carboxylic acids is 1. The first-order valence-corrected chi connectivity index (χ1v) is 5.16. The Morgan fingerprint density at radius 1 is 1.47 bits per heavy atom. The van der Waals surface area contributed by atoms with Crippen molar-refractivity contribution in [3.8, 4) is 5.75 Å². The minimum Gasteiger partial charge on any atom is -0.488 e. The molecule has 3 heteroatoms. The SMILES string of the molecule is CC(=O)c1cc(OC2CNC2)ccc1C. The summed E-state index contributed by atoms with van der Waals surface area (Å²) in [5.41, 5.74) is 1.75. The normalized spacial score (nSPS) is 15.9. The van der Waals surface area contributed by atoms with Gasteiger partial charge in [0.05, 0.1) is 0 Å². The number of nitrogens with one attached hydrogen (secondary N) is 1. The first-order chi connectivity index (χ1) is 7.16. The average molecular weight is 205 g/mol. The summed E-state index contributed by atoms with van der Waals surface area (Å²) in [7, 11) is 0. The van der Waals surface area contributed by atoms with Crippen molar-refractivity contribution < 1.29 is 9.53 Å². The minimum absolute atomic E-state index is 0.0877. The van der Waals surface area contributed by atoms with Gasteiger partial charge in [0, 0.05) is 18.7 Å². The van der Waals surface area contributed by atoms with Crippen molar-refractivity contribution in [3.05, 3.63) is 29.3 Å². The van der Waals surface area contributed by atoms with Gasteiger partial charge < -0.3 is 10.1 Å². The standard InChI is InChI=1S/C12H15NO2/c1-8-3-4-10(5-12(8)9(2)14)15-11-6-13-7-11/h3-5,11,13H,6-7H2,1-2H3. The lowest BCUT2D eigenvalue weighted by Crippen LogP contribution is -2.50. The Kier molecular flexibility index (Phi) is 2.73. The Balaban J connectivity index is 2.17. The van der Waals surface area contributed by atoms with Gasteiger partial charge in [-0.05, 0) is 31.5 Å². The zero-order valence-electron chi connectivity index (χ0n) is 9.04. The average Bonchev–Trinajstić information content (AvgIpc) is 2.13. The highest BCUT2D eigenvalue weighted by atomic mass is 16.5. The van der Waals surface area contributed by atoms with Gasteiger partial charge in [-0.2, -0.15) is 0 Å². The largest absolute Gasteiger partial charge is 0.488 e. The van der Waals surface area contributed by atoms with E-state index < -0.39 is 0 Å². The highest BCUT2D eigenvalue weighted by molar-refractivity contribution is 5.95. The van der Waals surface area contributed by atoms with Crippen molar-refractivity contribution in [1.82, 2.24) is 5.32 Å². The molecule has 0 bridgehead atoms. The maximum Gasteiger partial charge on any atom is 0.160 e. The number of benzene rings is 1. The molecule has 1 heterocycles. The molecule has 1 aliphatic rings. The van der Waals surface area contributed by atoms with E-state index in [1.54, 1.807) is 6.92 Å². The summed E-state index contributed by atoms with van der Waals surface area (Å²) >= 11 is 0. The second-order valence-electron chi connectivity index (χ2n) is 3.93. The Morgan fingerprint density at radius 3 is 2.73 bits per heavy atom. The van der Waals surface area contributed by atoms with Gasteiger partial charge in [-0.15, -0.1) is 0 Å². The fraction of sp³-hybridized carbons (Fsp3) is 0.417. The summed E-state index contributed by atoms with van der Waals surface area (Å²) in [6.07, 6.45) is 0.257.